The van der Waals surface area contributed by atoms with Gasteiger partial charge in [0, 0.05) is 12.7 Å². The third-order valence-electron chi connectivity index (χ3n) is 5.14. The van der Waals surface area contributed by atoms with Gasteiger partial charge in [0.1, 0.15) is 0 Å². The lowest BCUT2D eigenvalue weighted by molar-refractivity contribution is 0.668. The van der Waals surface area contributed by atoms with Crippen molar-refractivity contribution in [3.63, 3.8) is 0 Å². The molecule has 1 unspecified atom stereocenters. The summed E-state index contributed by atoms with van der Waals surface area (Å²) in [5.74, 6) is 0. The SMILES string of the molecule is CC(c1ccccc1)N(Cc1ccc(-c2ccccc2)cc1)c1cccnc1. The Morgan fingerprint density at radius 2 is 1.36 bits per heavy atom. The van der Waals surface area contributed by atoms with Gasteiger partial charge < -0.3 is 4.90 Å². The van der Waals surface area contributed by atoms with Crippen molar-refractivity contribution in [2.24, 2.45) is 0 Å². The topological polar surface area (TPSA) is 16.1 Å². The first-order chi connectivity index (χ1) is 13.8. The van der Waals surface area contributed by atoms with Crippen molar-refractivity contribution >= 4 is 5.69 Å². The van der Waals surface area contributed by atoms with Gasteiger partial charge in [0.2, 0.25) is 0 Å². The van der Waals surface area contributed by atoms with Crippen molar-refractivity contribution in [2.45, 2.75) is 19.5 Å². The second-order valence-electron chi connectivity index (χ2n) is 6.99. The highest BCUT2D eigenvalue weighted by Gasteiger charge is 2.17. The molecular formula is C26H24N2. The molecule has 0 bridgehead atoms. The zero-order chi connectivity index (χ0) is 19.2. The van der Waals surface area contributed by atoms with Crippen LogP contribution in [0.2, 0.25) is 0 Å². The first-order valence-corrected chi connectivity index (χ1v) is 9.67. The molecule has 0 N–H and O–H groups in total. The molecule has 3 aromatic carbocycles. The van der Waals surface area contributed by atoms with E-state index in [0.29, 0.717) is 0 Å². The minimum absolute atomic E-state index is 0.249. The van der Waals surface area contributed by atoms with Gasteiger partial charge in [0.25, 0.3) is 0 Å². The average molecular weight is 364 g/mol. The molecule has 0 spiro atoms. The molecule has 0 aliphatic carbocycles. The Kier molecular flexibility index (Phi) is 5.48. The summed E-state index contributed by atoms with van der Waals surface area (Å²) >= 11 is 0. The molecule has 2 nitrogen and oxygen atoms in total. The van der Waals surface area contributed by atoms with E-state index >= 15 is 0 Å². The molecule has 4 rings (SSSR count). The number of hydrogen-bond acceptors (Lipinski definition) is 2. The minimum atomic E-state index is 0.249. The molecular weight excluding hydrogens is 340 g/mol. The van der Waals surface area contributed by atoms with E-state index in [4.69, 9.17) is 0 Å². The van der Waals surface area contributed by atoms with E-state index in [9.17, 15) is 0 Å². The number of hydrogen-bond donors (Lipinski definition) is 0. The summed E-state index contributed by atoms with van der Waals surface area (Å²) in [7, 11) is 0. The molecule has 0 aliphatic rings. The van der Waals surface area contributed by atoms with Crippen LogP contribution in [0.1, 0.15) is 24.1 Å². The van der Waals surface area contributed by atoms with Crippen LogP contribution in [0.5, 0.6) is 0 Å². The van der Waals surface area contributed by atoms with Crippen LogP contribution in [0.4, 0.5) is 5.69 Å². The van der Waals surface area contributed by atoms with Crippen molar-refractivity contribution in [1.82, 2.24) is 4.98 Å². The molecule has 0 amide bonds. The fraction of sp³-hybridized carbons (Fsp3) is 0.115. The number of aromatic nitrogens is 1. The zero-order valence-electron chi connectivity index (χ0n) is 16.1. The summed E-state index contributed by atoms with van der Waals surface area (Å²) in [6.07, 6.45) is 3.77. The van der Waals surface area contributed by atoms with Gasteiger partial charge in [-0.05, 0) is 41.3 Å². The quantitative estimate of drug-likeness (QED) is 0.387. The molecule has 28 heavy (non-hydrogen) atoms. The van der Waals surface area contributed by atoms with Crippen LogP contribution in [0.15, 0.2) is 109 Å². The van der Waals surface area contributed by atoms with Crippen LogP contribution in [-0.4, -0.2) is 4.98 Å². The van der Waals surface area contributed by atoms with Crippen LogP contribution in [-0.2, 0) is 6.54 Å². The van der Waals surface area contributed by atoms with Gasteiger partial charge in [-0.3, -0.25) is 4.98 Å². The van der Waals surface area contributed by atoms with Gasteiger partial charge >= 0.3 is 0 Å². The van der Waals surface area contributed by atoms with Crippen molar-refractivity contribution in [2.75, 3.05) is 4.90 Å². The Bertz CT molecular complexity index is 981. The van der Waals surface area contributed by atoms with Crippen molar-refractivity contribution in [1.29, 1.82) is 0 Å². The highest BCUT2D eigenvalue weighted by Crippen LogP contribution is 2.29. The van der Waals surface area contributed by atoms with Crippen LogP contribution in [0.25, 0.3) is 11.1 Å². The lowest BCUT2D eigenvalue weighted by Crippen LogP contribution is -2.26. The maximum Gasteiger partial charge on any atom is 0.0560 e. The maximum atomic E-state index is 4.34. The summed E-state index contributed by atoms with van der Waals surface area (Å²) in [5, 5.41) is 0. The molecule has 4 aromatic rings. The minimum Gasteiger partial charge on any atom is -0.359 e. The van der Waals surface area contributed by atoms with E-state index in [-0.39, 0.29) is 6.04 Å². The fourth-order valence-corrected chi connectivity index (χ4v) is 3.52. The smallest absolute Gasteiger partial charge is 0.0560 e. The molecule has 1 heterocycles. The van der Waals surface area contributed by atoms with E-state index in [1.54, 1.807) is 0 Å². The van der Waals surface area contributed by atoms with E-state index in [1.165, 1.54) is 22.3 Å². The van der Waals surface area contributed by atoms with E-state index < -0.39 is 0 Å². The lowest BCUT2D eigenvalue weighted by atomic mass is 10.0. The number of rotatable bonds is 6. The first-order valence-electron chi connectivity index (χ1n) is 9.67. The molecule has 2 heteroatoms. The Balaban J connectivity index is 1.61. The van der Waals surface area contributed by atoms with Gasteiger partial charge in [-0.1, -0.05) is 84.9 Å². The van der Waals surface area contributed by atoms with Gasteiger partial charge in [0.15, 0.2) is 0 Å². The van der Waals surface area contributed by atoms with Crippen LogP contribution in [0, 0.1) is 0 Å². The molecule has 138 valence electrons. The lowest BCUT2D eigenvalue weighted by Gasteiger charge is -2.31. The summed E-state index contributed by atoms with van der Waals surface area (Å²) < 4.78 is 0. The van der Waals surface area contributed by atoms with Crippen LogP contribution >= 0.6 is 0 Å². The Morgan fingerprint density at radius 1 is 0.714 bits per heavy atom. The average Bonchev–Trinajstić information content (AvgIpc) is 2.79. The molecule has 1 atom stereocenters. The summed E-state index contributed by atoms with van der Waals surface area (Å²) in [6, 6.07) is 34.4. The predicted molar refractivity (Wildman–Crippen MR) is 117 cm³/mol. The Hall–Kier alpha value is -3.39. The third kappa shape index (κ3) is 4.12. The number of benzene rings is 3. The van der Waals surface area contributed by atoms with Crippen LogP contribution < -0.4 is 4.90 Å². The molecule has 0 radical (unpaired) electrons. The highest BCUT2D eigenvalue weighted by molar-refractivity contribution is 5.63. The molecule has 0 saturated carbocycles. The normalized spacial score (nSPS) is 11.8. The van der Waals surface area contributed by atoms with Crippen molar-refractivity contribution in [3.05, 3.63) is 121 Å². The second kappa shape index (κ2) is 8.53. The number of nitrogens with zero attached hydrogens (tertiary/aromatic N) is 2. The highest BCUT2D eigenvalue weighted by atomic mass is 15.2. The van der Waals surface area contributed by atoms with Gasteiger partial charge in [-0.25, -0.2) is 0 Å². The number of anilines is 1. The number of pyridine rings is 1. The molecule has 1 aromatic heterocycles. The van der Waals surface area contributed by atoms with Crippen LogP contribution in [0.3, 0.4) is 0 Å². The zero-order valence-corrected chi connectivity index (χ0v) is 16.1. The van der Waals surface area contributed by atoms with E-state index in [1.807, 2.05) is 18.5 Å². The summed E-state index contributed by atoms with van der Waals surface area (Å²) in [4.78, 5) is 6.74. The summed E-state index contributed by atoms with van der Waals surface area (Å²) in [6.45, 7) is 3.08. The maximum absolute atomic E-state index is 4.34. The third-order valence-corrected chi connectivity index (χ3v) is 5.14. The van der Waals surface area contributed by atoms with Gasteiger partial charge in [0.05, 0.1) is 17.9 Å². The van der Waals surface area contributed by atoms with E-state index in [0.717, 1.165) is 12.2 Å². The first kappa shape index (κ1) is 18.0. The second-order valence-corrected chi connectivity index (χ2v) is 6.99. The van der Waals surface area contributed by atoms with Crippen molar-refractivity contribution < 1.29 is 0 Å². The largest absolute Gasteiger partial charge is 0.359 e. The fourth-order valence-electron chi connectivity index (χ4n) is 3.52. The van der Waals surface area contributed by atoms with E-state index in [2.05, 4.69) is 108 Å². The molecule has 0 fully saturated rings. The van der Waals surface area contributed by atoms with Gasteiger partial charge in [-0.2, -0.15) is 0 Å². The van der Waals surface area contributed by atoms with Crippen molar-refractivity contribution in [3.8, 4) is 11.1 Å². The Morgan fingerprint density at radius 3 is 2.00 bits per heavy atom. The molecule has 0 saturated heterocycles. The Labute approximate surface area is 167 Å². The standard InChI is InChI=1S/C26H24N2/c1-21(23-9-4-2-5-10-23)28(26-13-8-18-27-19-26)20-22-14-16-25(17-15-22)24-11-6-3-7-12-24/h2-19,21H,20H2,1H3. The molecule has 0 aliphatic heterocycles. The monoisotopic (exact) mass is 364 g/mol. The summed E-state index contributed by atoms with van der Waals surface area (Å²) in [5.41, 5.74) is 6.20. The van der Waals surface area contributed by atoms with Gasteiger partial charge in [-0.15, -0.1) is 0 Å². The predicted octanol–water partition coefficient (Wildman–Crippen LogP) is 6.52.